The highest BCUT2D eigenvalue weighted by Gasteiger charge is 2.33. The van der Waals surface area contributed by atoms with Crippen molar-refractivity contribution in [1.82, 2.24) is 19.3 Å². The number of benzene rings is 4. The van der Waals surface area contributed by atoms with E-state index in [4.69, 9.17) is 21.3 Å². The van der Waals surface area contributed by atoms with Gasteiger partial charge in [-0.25, -0.2) is 4.99 Å². The van der Waals surface area contributed by atoms with Crippen molar-refractivity contribution in [2.75, 3.05) is 12.4 Å². The molecule has 1 N–H and O–H groups in total. The second kappa shape index (κ2) is 15.0. The third kappa shape index (κ3) is 7.16. The molecule has 0 unspecified atom stereocenters. The predicted octanol–water partition coefficient (Wildman–Crippen LogP) is 6.87. The van der Waals surface area contributed by atoms with E-state index in [0.717, 1.165) is 16.9 Å². The molecule has 0 radical (unpaired) electrons. The van der Waals surface area contributed by atoms with Crippen LogP contribution in [0.3, 0.4) is 0 Å². The maximum absolute atomic E-state index is 14.5. The fraction of sp³-hybridized carbons (Fsp3) is 0.132. The van der Waals surface area contributed by atoms with Gasteiger partial charge in [-0.1, -0.05) is 65.4 Å². The number of amides is 1. The number of nitrogens with one attached hydrogen (secondary N) is 1. The van der Waals surface area contributed by atoms with Crippen LogP contribution in [0.25, 0.3) is 17.5 Å². The summed E-state index contributed by atoms with van der Waals surface area (Å²) in [5.74, 6) is 0.766. The number of non-ortho nitro benzene ring substituents is 1. The molecule has 0 saturated heterocycles. The molecule has 0 bridgehead atoms. The normalized spacial score (nSPS) is 14.1. The van der Waals surface area contributed by atoms with Crippen molar-refractivity contribution in [3.8, 4) is 17.1 Å². The fourth-order valence-electron chi connectivity index (χ4n) is 6.04. The Morgan fingerprint density at radius 1 is 1.06 bits per heavy atom. The van der Waals surface area contributed by atoms with Gasteiger partial charge < -0.3 is 14.6 Å². The summed E-state index contributed by atoms with van der Waals surface area (Å²) in [4.78, 5) is 45.6. The summed E-state index contributed by atoms with van der Waals surface area (Å²) in [6, 6.07) is 27.2. The summed E-state index contributed by atoms with van der Waals surface area (Å²) in [6.45, 7) is 4.25. The molecule has 2 aromatic heterocycles. The van der Waals surface area contributed by atoms with Crippen LogP contribution in [0.5, 0.6) is 5.75 Å². The monoisotopic (exact) mass is 763 g/mol. The van der Waals surface area contributed by atoms with Gasteiger partial charge in [0.1, 0.15) is 5.75 Å². The van der Waals surface area contributed by atoms with Gasteiger partial charge in [0.2, 0.25) is 0 Å². The summed E-state index contributed by atoms with van der Waals surface area (Å²) >= 11 is 8.66. The maximum atomic E-state index is 14.5. The van der Waals surface area contributed by atoms with E-state index in [1.54, 1.807) is 68.6 Å². The molecule has 1 aliphatic heterocycles. The van der Waals surface area contributed by atoms with Gasteiger partial charge in [0.25, 0.3) is 17.2 Å². The van der Waals surface area contributed by atoms with E-state index in [2.05, 4.69) is 15.5 Å². The van der Waals surface area contributed by atoms with Crippen molar-refractivity contribution in [1.29, 1.82) is 0 Å². The SMILES string of the molecule is CCn1c(Sc2ccc([N+](=O)[O-])cc2/C=c2/sc3n(c2=O)[C@@H](c2cccc(OC)c2)C(C(=O)Nc2ccccc2)=C(C)N=3)nnc1-c1cccc(Cl)c1. The highest BCUT2D eigenvalue weighted by Crippen LogP contribution is 2.35. The third-order valence-electron chi connectivity index (χ3n) is 8.52. The molecule has 266 valence electrons. The number of nitrogens with zero attached hydrogens (tertiary/aromatic N) is 6. The quantitative estimate of drug-likeness (QED) is 0.118. The van der Waals surface area contributed by atoms with E-state index in [-0.39, 0.29) is 10.2 Å². The van der Waals surface area contributed by atoms with Gasteiger partial charge in [0.15, 0.2) is 15.8 Å². The average Bonchev–Trinajstić information content (AvgIpc) is 3.71. The number of hydrogen-bond donors (Lipinski definition) is 1. The topological polar surface area (TPSA) is 147 Å². The standard InChI is InChI=1S/C38H30ClN7O5S2/c1-4-44-34(24-11-8-12-26(39)18-24)42-43-38(44)52-30-17-16-28(46(49)50)19-25(30)21-31-36(48)45-33(23-10-9-15-29(20-23)51-3)32(22(2)40-37(45)53-31)35(47)41-27-13-6-5-7-14-27/h5-21,33H,4H2,1-3H3,(H,41,47)/b31-21+/t33-/m0/s1. The number of thiazole rings is 1. The largest absolute Gasteiger partial charge is 0.497 e. The molecule has 53 heavy (non-hydrogen) atoms. The minimum absolute atomic E-state index is 0.144. The van der Waals surface area contributed by atoms with E-state index in [1.807, 2.05) is 47.9 Å². The second-order valence-corrected chi connectivity index (χ2v) is 14.3. The van der Waals surface area contributed by atoms with Crippen LogP contribution in [0.15, 0.2) is 128 Å². The van der Waals surface area contributed by atoms with Crippen LogP contribution in [-0.2, 0) is 11.3 Å². The van der Waals surface area contributed by atoms with Gasteiger partial charge >= 0.3 is 0 Å². The van der Waals surface area contributed by atoms with E-state index >= 15 is 0 Å². The number of fused-ring (bicyclic) bond motifs is 1. The van der Waals surface area contributed by atoms with Crippen LogP contribution in [0.2, 0.25) is 5.02 Å². The molecule has 0 fully saturated rings. The van der Waals surface area contributed by atoms with E-state index < -0.39 is 22.4 Å². The zero-order chi connectivity index (χ0) is 37.2. The molecular formula is C38H30ClN7O5S2. The maximum Gasteiger partial charge on any atom is 0.271 e. The number of anilines is 1. The number of allylic oxidation sites excluding steroid dienone is 1. The Bertz CT molecular complexity index is 2620. The summed E-state index contributed by atoms with van der Waals surface area (Å²) in [5.41, 5.74) is 2.64. The fourth-order valence-corrected chi connectivity index (χ4v) is 8.25. The Kier molecular flexibility index (Phi) is 10.1. The molecule has 3 heterocycles. The molecule has 15 heteroatoms. The van der Waals surface area contributed by atoms with Gasteiger partial charge in [-0.15, -0.1) is 10.2 Å². The Labute approximate surface area is 315 Å². The lowest BCUT2D eigenvalue weighted by Gasteiger charge is -2.25. The zero-order valence-corrected chi connectivity index (χ0v) is 30.9. The smallest absolute Gasteiger partial charge is 0.271 e. The van der Waals surface area contributed by atoms with E-state index in [1.165, 1.54) is 28.5 Å². The summed E-state index contributed by atoms with van der Waals surface area (Å²) in [5, 5.41) is 24.8. The van der Waals surface area contributed by atoms with Crippen LogP contribution in [0, 0.1) is 10.1 Å². The summed E-state index contributed by atoms with van der Waals surface area (Å²) < 4.78 is 9.19. The lowest BCUT2D eigenvalue weighted by atomic mass is 9.95. The molecular weight excluding hydrogens is 734 g/mol. The first-order valence-electron chi connectivity index (χ1n) is 16.3. The lowest BCUT2D eigenvalue weighted by Crippen LogP contribution is -2.40. The van der Waals surface area contributed by atoms with Crippen molar-refractivity contribution >= 4 is 58.1 Å². The Morgan fingerprint density at radius 3 is 2.58 bits per heavy atom. The molecule has 4 aromatic carbocycles. The van der Waals surface area contributed by atoms with Crippen molar-refractivity contribution in [3.63, 3.8) is 0 Å². The van der Waals surface area contributed by atoms with Crippen LogP contribution >= 0.6 is 34.7 Å². The zero-order valence-electron chi connectivity index (χ0n) is 28.5. The second-order valence-electron chi connectivity index (χ2n) is 11.8. The number of methoxy groups -OCH3 is 1. The number of carbonyl (C=O) groups excluding carboxylic acids is 1. The molecule has 12 nitrogen and oxygen atoms in total. The number of nitro groups is 1. The van der Waals surface area contributed by atoms with Crippen LogP contribution in [0.1, 0.15) is 31.0 Å². The Hall–Kier alpha value is -5.83. The minimum atomic E-state index is -0.848. The van der Waals surface area contributed by atoms with Crippen LogP contribution in [0.4, 0.5) is 11.4 Å². The number of aromatic nitrogens is 4. The Balaban J connectivity index is 1.35. The van der Waals surface area contributed by atoms with Crippen LogP contribution in [-0.4, -0.2) is 37.3 Å². The minimum Gasteiger partial charge on any atom is -0.497 e. The van der Waals surface area contributed by atoms with Gasteiger partial charge in [0.05, 0.1) is 33.9 Å². The molecule has 0 saturated carbocycles. The first-order chi connectivity index (χ1) is 25.6. The van der Waals surface area contributed by atoms with Crippen molar-refractivity contribution in [2.24, 2.45) is 4.99 Å². The number of hydrogen-bond acceptors (Lipinski definition) is 10. The molecule has 7 rings (SSSR count). The van der Waals surface area contributed by atoms with Gasteiger partial charge in [-0.2, -0.15) is 0 Å². The number of halogens is 1. The Morgan fingerprint density at radius 2 is 1.85 bits per heavy atom. The molecule has 0 spiro atoms. The van der Waals surface area contributed by atoms with Gasteiger partial charge in [-0.05, 0) is 85.3 Å². The van der Waals surface area contributed by atoms with Gasteiger partial charge in [0, 0.05) is 39.8 Å². The number of para-hydroxylation sites is 1. The molecule has 0 aliphatic carbocycles. The van der Waals surface area contributed by atoms with Crippen molar-refractivity contribution in [2.45, 2.75) is 36.5 Å². The lowest BCUT2D eigenvalue weighted by molar-refractivity contribution is -0.384. The predicted molar refractivity (Wildman–Crippen MR) is 205 cm³/mol. The van der Waals surface area contributed by atoms with Gasteiger partial charge in [-0.3, -0.25) is 24.3 Å². The first kappa shape index (κ1) is 35.6. The van der Waals surface area contributed by atoms with Crippen molar-refractivity contribution < 1.29 is 14.5 Å². The summed E-state index contributed by atoms with van der Waals surface area (Å²) in [6.07, 6.45) is 1.62. The summed E-state index contributed by atoms with van der Waals surface area (Å²) in [7, 11) is 1.55. The highest BCUT2D eigenvalue weighted by atomic mass is 35.5. The number of rotatable bonds is 10. The third-order valence-corrected chi connectivity index (χ3v) is 10.8. The van der Waals surface area contributed by atoms with E-state index in [9.17, 15) is 19.7 Å². The average molecular weight is 764 g/mol. The molecule has 1 aliphatic rings. The van der Waals surface area contributed by atoms with Crippen molar-refractivity contribution in [3.05, 3.63) is 154 Å². The first-order valence-corrected chi connectivity index (χ1v) is 18.3. The molecule has 1 amide bonds. The molecule has 1 atom stereocenters. The van der Waals surface area contributed by atoms with E-state index in [0.29, 0.717) is 66.1 Å². The molecule has 6 aromatic rings. The number of carbonyl (C=O) groups is 1. The highest BCUT2D eigenvalue weighted by molar-refractivity contribution is 7.99. The number of ether oxygens (including phenoxy) is 1. The number of nitro benzene ring substituents is 1. The van der Waals surface area contributed by atoms with Crippen LogP contribution < -0.4 is 24.9 Å².